The zero-order chi connectivity index (χ0) is 14.4. The molecule has 5 heteroatoms. The topological polar surface area (TPSA) is 78.4 Å². The van der Waals surface area contributed by atoms with Crippen molar-refractivity contribution >= 4 is 11.9 Å². The lowest BCUT2D eigenvalue weighted by Gasteiger charge is -2.14. The lowest BCUT2D eigenvalue weighted by atomic mass is 10.1. The minimum Gasteiger partial charge on any atom is -0.480 e. The van der Waals surface area contributed by atoms with Gasteiger partial charge < -0.3 is 15.7 Å². The summed E-state index contributed by atoms with van der Waals surface area (Å²) in [5.41, 5.74) is 1.07. The molecule has 3 N–H and O–H groups in total. The van der Waals surface area contributed by atoms with Crippen LogP contribution >= 0.6 is 0 Å². The van der Waals surface area contributed by atoms with Gasteiger partial charge in [0.2, 0.25) is 5.91 Å². The first-order valence-corrected chi connectivity index (χ1v) is 6.94. The van der Waals surface area contributed by atoms with Crippen LogP contribution in [0.15, 0.2) is 30.3 Å². The van der Waals surface area contributed by atoms with Gasteiger partial charge >= 0.3 is 5.97 Å². The van der Waals surface area contributed by atoms with Gasteiger partial charge in [-0.1, -0.05) is 30.3 Å². The number of hydrogen-bond donors (Lipinski definition) is 3. The number of benzene rings is 1. The molecule has 0 radical (unpaired) electrons. The second kappa shape index (κ2) is 7.05. The van der Waals surface area contributed by atoms with Crippen molar-refractivity contribution < 1.29 is 14.7 Å². The summed E-state index contributed by atoms with van der Waals surface area (Å²) in [7, 11) is 0. The minimum atomic E-state index is -0.985. The Bertz CT molecular complexity index is 457. The fourth-order valence-corrected chi connectivity index (χ4v) is 1.98. The first kappa shape index (κ1) is 14.5. The molecule has 1 fully saturated rings. The Kier molecular flexibility index (Phi) is 5.12. The number of aliphatic carboxylic acids is 1. The summed E-state index contributed by atoms with van der Waals surface area (Å²) >= 11 is 0. The Balaban J connectivity index is 1.77. The van der Waals surface area contributed by atoms with Gasteiger partial charge in [0.15, 0.2) is 0 Å². The molecular formula is C15H20N2O3. The molecule has 1 aromatic carbocycles. The van der Waals surface area contributed by atoms with Crippen LogP contribution in [0, 0.1) is 0 Å². The summed E-state index contributed by atoms with van der Waals surface area (Å²) in [5.74, 6) is -1.24. The number of carbonyl (C=O) groups is 2. The molecule has 0 saturated heterocycles. The third-order valence-electron chi connectivity index (χ3n) is 3.33. The highest BCUT2D eigenvalue weighted by molar-refractivity contribution is 5.84. The van der Waals surface area contributed by atoms with E-state index >= 15 is 0 Å². The predicted molar refractivity (Wildman–Crippen MR) is 75.4 cm³/mol. The van der Waals surface area contributed by atoms with E-state index in [4.69, 9.17) is 5.11 Å². The molecule has 2 rings (SSSR count). The van der Waals surface area contributed by atoms with Gasteiger partial charge in [0.25, 0.3) is 0 Å². The van der Waals surface area contributed by atoms with Crippen molar-refractivity contribution in [1.29, 1.82) is 0 Å². The van der Waals surface area contributed by atoms with Gasteiger partial charge in [-0.05, 0) is 31.2 Å². The van der Waals surface area contributed by atoms with E-state index in [0.717, 1.165) is 18.4 Å². The smallest absolute Gasteiger partial charge is 0.326 e. The third kappa shape index (κ3) is 5.01. The summed E-state index contributed by atoms with van der Waals surface area (Å²) in [6.45, 7) is 0.194. The Labute approximate surface area is 118 Å². The molecule has 5 nitrogen and oxygen atoms in total. The van der Waals surface area contributed by atoms with E-state index in [2.05, 4.69) is 10.6 Å². The molecule has 0 bridgehead atoms. The van der Waals surface area contributed by atoms with E-state index in [9.17, 15) is 9.59 Å². The monoisotopic (exact) mass is 276 g/mol. The van der Waals surface area contributed by atoms with E-state index in [0.29, 0.717) is 18.9 Å². The number of rotatable bonds is 8. The van der Waals surface area contributed by atoms with Crippen LogP contribution in [0.2, 0.25) is 0 Å². The summed E-state index contributed by atoms with van der Waals surface area (Å²) < 4.78 is 0. The fourth-order valence-electron chi connectivity index (χ4n) is 1.98. The number of amides is 1. The number of hydrogen-bond acceptors (Lipinski definition) is 3. The number of carboxylic acids is 1. The van der Waals surface area contributed by atoms with Gasteiger partial charge in [-0.15, -0.1) is 0 Å². The van der Waals surface area contributed by atoms with Crippen molar-refractivity contribution in [3.8, 4) is 0 Å². The average molecular weight is 276 g/mol. The second-order valence-electron chi connectivity index (χ2n) is 5.14. The van der Waals surface area contributed by atoms with Gasteiger partial charge in [0, 0.05) is 6.04 Å². The van der Waals surface area contributed by atoms with Crippen molar-refractivity contribution in [3.63, 3.8) is 0 Å². The molecule has 1 atom stereocenters. The Morgan fingerprint density at radius 3 is 2.55 bits per heavy atom. The van der Waals surface area contributed by atoms with Crippen LogP contribution in [0.4, 0.5) is 0 Å². The van der Waals surface area contributed by atoms with Gasteiger partial charge in [-0.3, -0.25) is 4.79 Å². The molecule has 108 valence electrons. The molecule has 1 aliphatic carbocycles. The highest BCUT2D eigenvalue weighted by atomic mass is 16.4. The normalized spacial score (nSPS) is 15.6. The molecule has 0 aromatic heterocycles. The number of carboxylic acid groups (broad SMARTS) is 1. The van der Waals surface area contributed by atoms with Crippen molar-refractivity contribution in [2.45, 2.75) is 37.8 Å². The van der Waals surface area contributed by atoms with E-state index in [1.165, 1.54) is 0 Å². The average Bonchev–Trinajstić information content (AvgIpc) is 3.26. The molecule has 1 aliphatic rings. The minimum absolute atomic E-state index is 0.194. The molecule has 0 heterocycles. The van der Waals surface area contributed by atoms with Gasteiger partial charge in [-0.2, -0.15) is 0 Å². The lowest BCUT2D eigenvalue weighted by molar-refractivity contribution is -0.141. The molecule has 1 unspecified atom stereocenters. The van der Waals surface area contributed by atoms with Crippen LogP contribution in [0.3, 0.4) is 0 Å². The van der Waals surface area contributed by atoms with Crippen LogP contribution in [0.1, 0.15) is 24.8 Å². The maximum absolute atomic E-state index is 11.7. The van der Waals surface area contributed by atoms with E-state index in [1.807, 2.05) is 30.3 Å². The highest BCUT2D eigenvalue weighted by Crippen LogP contribution is 2.17. The van der Waals surface area contributed by atoms with Crippen LogP contribution in [-0.2, 0) is 16.0 Å². The first-order valence-electron chi connectivity index (χ1n) is 6.94. The van der Waals surface area contributed by atoms with E-state index in [-0.39, 0.29) is 12.5 Å². The molecule has 0 aliphatic heterocycles. The standard InChI is InChI=1S/C15H20N2O3/c18-14(10-16-12-7-8-12)17-13(15(19)20)9-6-11-4-2-1-3-5-11/h1-5,12-13,16H,6-10H2,(H,17,18)(H,19,20). The Hall–Kier alpha value is -1.88. The van der Waals surface area contributed by atoms with Gasteiger partial charge in [-0.25, -0.2) is 4.79 Å². The molecule has 1 saturated carbocycles. The maximum atomic E-state index is 11.7. The highest BCUT2D eigenvalue weighted by Gasteiger charge is 2.23. The predicted octanol–water partition coefficient (Wildman–Crippen LogP) is 0.941. The van der Waals surface area contributed by atoms with Gasteiger partial charge in [0.1, 0.15) is 6.04 Å². The van der Waals surface area contributed by atoms with Crippen LogP contribution in [0.25, 0.3) is 0 Å². The molecule has 1 aromatic rings. The zero-order valence-corrected chi connectivity index (χ0v) is 11.3. The molecular weight excluding hydrogens is 256 g/mol. The van der Waals surface area contributed by atoms with Crippen molar-refractivity contribution in [2.24, 2.45) is 0 Å². The Morgan fingerprint density at radius 2 is 1.95 bits per heavy atom. The summed E-state index contributed by atoms with van der Waals surface area (Å²) in [6, 6.07) is 9.28. The van der Waals surface area contributed by atoms with E-state index in [1.54, 1.807) is 0 Å². The van der Waals surface area contributed by atoms with Crippen molar-refractivity contribution in [3.05, 3.63) is 35.9 Å². The summed E-state index contributed by atoms with van der Waals surface area (Å²) in [5, 5.41) is 14.8. The quantitative estimate of drug-likeness (QED) is 0.660. The van der Waals surface area contributed by atoms with Crippen LogP contribution < -0.4 is 10.6 Å². The van der Waals surface area contributed by atoms with E-state index < -0.39 is 12.0 Å². The van der Waals surface area contributed by atoms with Gasteiger partial charge in [0.05, 0.1) is 6.54 Å². The summed E-state index contributed by atoms with van der Waals surface area (Å²) in [6.07, 6.45) is 3.23. The van der Waals surface area contributed by atoms with Crippen LogP contribution in [0.5, 0.6) is 0 Å². The second-order valence-corrected chi connectivity index (χ2v) is 5.14. The number of nitrogens with one attached hydrogen (secondary N) is 2. The Morgan fingerprint density at radius 1 is 1.25 bits per heavy atom. The number of aryl methyl sites for hydroxylation is 1. The fraction of sp³-hybridized carbons (Fsp3) is 0.467. The first-order chi connectivity index (χ1) is 9.65. The molecule has 20 heavy (non-hydrogen) atoms. The lowest BCUT2D eigenvalue weighted by Crippen LogP contribution is -2.45. The molecule has 0 spiro atoms. The zero-order valence-electron chi connectivity index (χ0n) is 11.3. The number of carbonyl (C=O) groups excluding carboxylic acids is 1. The van der Waals surface area contributed by atoms with Crippen molar-refractivity contribution in [2.75, 3.05) is 6.54 Å². The van der Waals surface area contributed by atoms with Crippen molar-refractivity contribution in [1.82, 2.24) is 10.6 Å². The largest absolute Gasteiger partial charge is 0.480 e. The van der Waals surface area contributed by atoms with Crippen LogP contribution in [-0.4, -0.2) is 35.6 Å². The SMILES string of the molecule is O=C(CNC1CC1)NC(CCc1ccccc1)C(=O)O. The maximum Gasteiger partial charge on any atom is 0.326 e. The third-order valence-corrected chi connectivity index (χ3v) is 3.33. The summed E-state index contributed by atoms with van der Waals surface area (Å²) in [4.78, 5) is 22.8. The molecule has 1 amide bonds.